The number of quaternary nitrogens is 1. The fourth-order valence-electron chi connectivity index (χ4n) is 5.84. The van der Waals surface area contributed by atoms with E-state index in [0.717, 1.165) is 103 Å². The van der Waals surface area contributed by atoms with Gasteiger partial charge in [-0.25, -0.2) is 0 Å². The maximum atomic E-state index is 12.8. The lowest BCUT2D eigenvalue weighted by Gasteiger charge is -2.30. The zero-order valence-corrected chi connectivity index (χ0v) is 37.9. The number of nitrogens with zero attached hydrogens (tertiary/aromatic N) is 1. The van der Waals surface area contributed by atoms with Crippen molar-refractivity contribution in [2.24, 2.45) is 0 Å². The molecule has 57 heavy (non-hydrogen) atoms. The normalized spacial score (nSPS) is 15.1. The standard InChI is InChI=1S/C48H85N2O6P/c1-6-8-10-12-14-16-17-18-19-20-21-22-23-24-25-26-27-28-29-30-31-32-33-34-36-38-40-42-48(52)49-46(45-56-57(53,54)55-44-43-50(3,4)5)47(51)41-39-37-35-15-13-11-9-7-2/h8,10,14,16,18-19,21-22,24-25,27-28,30-31,46-47,51H,6-7,9,11-13,15,17,20,23,26,29,32-45H2,1-5H3,(H-,49,52,53,54)/b10-8-,16-14-,19-18-,22-21-,25-24-,28-27-,31-30-. The van der Waals surface area contributed by atoms with E-state index in [1.54, 1.807) is 0 Å². The molecule has 0 aromatic rings. The van der Waals surface area contributed by atoms with Crippen molar-refractivity contribution in [3.8, 4) is 0 Å². The van der Waals surface area contributed by atoms with Crippen molar-refractivity contribution < 1.29 is 32.9 Å². The van der Waals surface area contributed by atoms with Crippen LogP contribution < -0.4 is 10.2 Å². The molecule has 0 spiro atoms. The molecule has 328 valence electrons. The number of unbranched alkanes of at least 4 members (excludes halogenated alkanes) is 12. The lowest BCUT2D eigenvalue weighted by Crippen LogP contribution is -2.46. The van der Waals surface area contributed by atoms with E-state index in [9.17, 15) is 19.4 Å². The lowest BCUT2D eigenvalue weighted by molar-refractivity contribution is -0.870. The summed E-state index contributed by atoms with van der Waals surface area (Å²) in [6, 6.07) is -0.814. The zero-order valence-electron chi connectivity index (χ0n) is 37.0. The first-order chi connectivity index (χ1) is 27.5. The van der Waals surface area contributed by atoms with Crippen LogP contribution in [0.3, 0.4) is 0 Å². The molecule has 0 bridgehead atoms. The van der Waals surface area contributed by atoms with Gasteiger partial charge in [0.2, 0.25) is 5.91 Å². The summed E-state index contributed by atoms with van der Waals surface area (Å²) in [6.07, 6.45) is 53.2. The predicted molar refractivity (Wildman–Crippen MR) is 242 cm³/mol. The molecule has 0 aliphatic carbocycles. The topological polar surface area (TPSA) is 108 Å². The second-order valence-electron chi connectivity index (χ2n) is 16.0. The van der Waals surface area contributed by atoms with E-state index in [-0.39, 0.29) is 19.1 Å². The summed E-state index contributed by atoms with van der Waals surface area (Å²) in [6.45, 7) is 4.52. The van der Waals surface area contributed by atoms with Gasteiger partial charge in [-0.15, -0.1) is 0 Å². The minimum Gasteiger partial charge on any atom is -0.756 e. The molecule has 2 N–H and O–H groups in total. The number of carbonyl (C=O) groups is 1. The van der Waals surface area contributed by atoms with Crippen molar-refractivity contribution in [1.82, 2.24) is 5.32 Å². The van der Waals surface area contributed by atoms with Crippen molar-refractivity contribution in [3.63, 3.8) is 0 Å². The number of rotatable bonds is 39. The van der Waals surface area contributed by atoms with Gasteiger partial charge in [0.15, 0.2) is 0 Å². The number of likely N-dealkylation sites (N-methyl/N-ethyl adjacent to an activating group) is 1. The van der Waals surface area contributed by atoms with Crippen LogP contribution in [0.25, 0.3) is 0 Å². The summed E-state index contributed by atoms with van der Waals surface area (Å²) in [5.41, 5.74) is 0. The van der Waals surface area contributed by atoms with Crippen molar-refractivity contribution in [1.29, 1.82) is 0 Å². The third kappa shape index (κ3) is 41.6. The Labute approximate surface area is 350 Å². The molecule has 0 saturated carbocycles. The van der Waals surface area contributed by atoms with E-state index in [1.165, 1.54) is 32.1 Å². The summed E-state index contributed by atoms with van der Waals surface area (Å²) < 4.78 is 23.1. The Morgan fingerprint density at radius 1 is 0.632 bits per heavy atom. The highest BCUT2D eigenvalue weighted by Gasteiger charge is 2.24. The number of amides is 1. The van der Waals surface area contributed by atoms with Crippen LogP contribution in [-0.4, -0.2) is 68.5 Å². The molecule has 0 rings (SSSR count). The predicted octanol–water partition coefficient (Wildman–Crippen LogP) is 11.9. The van der Waals surface area contributed by atoms with Gasteiger partial charge in [-0.05, 0) is 70.6 Å². The number of nitrogens with one attached hydrogen (secondary N) is 1. The molecule has 0 fully saturated rings. The molecule has 1 amide bonds. The largest absolute Gasteiger partial charge is 0.756 e. The second-order valence-corrected chi connectivity index (χ2v) is 17.4. The van der Waals surface area contributed by atoms with Crippen LogP contribution in [0.15, 0.2) is 85.1 Å². The van der Waals surface area contributed by atoms with Crippen LogP contribution >= 0.6 is 7.82 Å². The van der Waals surface area contributed by atoms with E-state index in [4.69, 9.17) is 9.05 Å². The van der Waals surface area contributed by atoms with Gasteiger partial charge in [-0.1, -0.05) is 170 Å². The third-order valence-electron chi connectivity index (χ3n) is 9.40. The van der Waals surface area contributed by atoms with Crippen molar-refractivity contribution in [2.45, 2.75) is 174 Å². The molecule has 0 aliphatic rings. The molecule has 3 atom stereocenters. The Morgan fingerprint density at radius 2 is 1.07 bits per heavy atom. The van der Waals surface area contributed by atoms with E-state index in [1.807, 2.05) is 21.1 Å². The third-order valence-corrected chi connectivity index (χ3v) is 10.4. The highest BCUT2D eigenvalue weighted by molar-refractivity contribution is 7.45. The van der Waals surface area contributed by atoms with Gasteiger partial charge < -0.3 is 28.8 Å². The minimum absolute atomic E-state index is 0.00270. The Balaban J connectivity index is 4.25. The molecule has 0 aliphatic heterocycles. The first-order valence-corrected chi connectivity index (χ1v) is 23.9. The fraction of sp³-hybridized carbons (Fsp3) is 0.688. The quantitative estimate of drug-likeness (QED) is 0.0277. The number of carbonyl (C=O) groups excluding carboxylic acids is 1. The van der Waals surface area contributed by atoms with Crippen LogP contribution in [-0.2, 0) is 18.4 Å². The number of hydrogen-bond acceptors (Lipinski definition) is 6. The fourth-order valence-corrected chi connectivity index (χ4v) is 6.56. The van der Waals surface area contributed by atoms with E-state index in [0.29, 0.717) is 23.9 Å². The van der Waals surface area contributed by atoms with E-state index < -0.39 is 20.0 Å². The van der Waals surface area contributed by atoms with Crippen LogP contribution in [0.2, 0.25) is 0 Å². The van der Waals surface area contributed by atoms with Crippen molar-refractivity contribution in [3.05, 3.63) is 85.1 Å². The average molecular weight is 817 g/mol. The minimum atomic E-state index is -4.57. The number of aliphatic hydroxyl groups excluding tert-OH is 1. The maximum Gasteiger partial charge on any atom is 0.268 e. The number of aliphatic hydroxyl groups is 1. The van der Waals surface area contributed by atoms with Gasteiger partial charge in [-0.3, -0.25) is 9.36 Å². The van der Waals surface area contributed by atoms with E-state index in [2.05, 4.69) is 104 Å². The van der Waals surface area contributed by atoms with Crippen LogP contribution in [0.5, 0.6) is 0 Å². The Kier molecular flexibility index (Phi) is 37.6. The molecular formula is C48H85N2O6P. The lowest BCUT2D eigenvalue weighted by atomic mass is 10.0. The Morgan fingerprint density at radius 3 is 1.56 bits per heavy atom. The summed E-state index contributed by atoms with van der Waals surface area (Å²) in [5.74, 6) is -0.192. The molecule has 9 heteroatoms. The number of phosphoric ester groups is 1. The van der Waals surface area contributed by atoms with Gasteiger partial charge in [0.05, 0.1) is 39.9 Å². The van der Waals surface area contributed by atoms with Crippen LogP contribution in [0.1, 0.15) is 162 Å². The zero-order chi connectivity index (χ0) is 42.1. The SMILES string of the molecule is CC/C=C\C/C=C\C/C=C\C/C=C\C/C=C\C/C=C\C/C=C\CCCCCCCC(=O)NC(COP(=O)([O-])OCC[N+](C)(C)C)C(O)CCCCCCCCCC. The molecule has 0 aromatic carbocycles. The molecule has 3 unspecified atom stereocenters. The maximum absolute atomic E-state index is 12.8. The summed E-state index contributed by atoms with van der Waals surface area (Å²) in [5, 5.41) is 13.8. The molecule has 8 nitrogen and oxygen atoms in total. The van der Waals surface area contributed by atoms with E-state index >= 15 is 0 Å². The van der Waals surface area contributed by atoms with Gasteiger partial charge >= 0.3 is 0 Å². The van der Waals surface area contributed by atoms with Gasteiger partial charge in [-0.2, -0.15) is 0 Å². The van der Waals surface area contributed by atoms with Crippen molar-refractivity contribution in [2.75, 3.05) is 40.9 Å². The van der Waals surface area contributed by atoms with Crippen molar-refractivity contribution >= 4 is 13.7 Å². The second kappa shape index (κ2) is 39.2. The smallest absolute Gasteiger partial charge is 0.268 e. The highest BCUT2D eigenvalue weighted by atomic mass is 31.2. The summed E-state index contributed by atoms with van der Waals surface area (Å²) >= 11 is 0. The Hall–Kier alpha value is -2.32. The first-order valence-electron chi connectivity index (χ1n) is 22.4. The molecule has 0 heterocycles. The monoisotopic (exact) mass is 817 g/mol. The molecule has 0 radical (unpaired) electrons. The van der Waals surface area contributed by atoms with Gasteiger partial charge in [0.25, 0.3) is 7.82 Å². The van der Waals surface area contributed by atoms with Crippen LogP contribution in [0.4, 0.5) is 0 Å². The summed E-state index contributed by atoms with van der Waals surface area (Å²) in [4.78, 5) is 25.2. The number of phosphoric acid groups is 1. The van der Waals surface area contributed by atoms with Crippen LogP contribution in [0, 0.1) is 0 Å². The van der Waals surface area contributed by atoms with Gasteiger partial charge in [0, 0.05) is 6.42 Å². The Bertz CT molecular complexity index is 1200. The molecule has 0 aromatic heterocycles. The first kappa shape index (κ1) is 54.7. The molecule has 0 saturated heterocycles. The summed E-state index contributed by atoms with van der Waals surface area (Å²) in [7, 11) is 1.27. The average Bonchev–Trinajstić information content (AvgIpc) is 3.16. The number of allylic oxidation sites excluding steroid dienone is 14. The molecular weight excluding hydrogens is 732 g/mol. The van der Waals surface area contributed by atoms with Gasteiger partial charge in [0.1, 0.15) is 13.2 Å². The highest BCUT2D eigenvalue weighted by Crippen LogP contribution is 2.38. The number of hydrogen-bond donors (Lipinski definition) is 2.